The molecule has 2 aliphatic rings. The fourth-order valence-electron chi connectivity index (χ4n) is 2.98. The molecule has 0 atom stereocenters. The SMILES string of the molecule is O=S(=O)(C1CCN(c2ccncc2)CC1)N1CCOCC1. The molecule has 2 fully saturated rings. The second kappa shape index (κ2) is 6.29. The van der Waals surface area contributed by atoms with E-state index in [9.17, 15) is 8.42 Å². The second-order valence-electron chi connectivity index (χ2n) is 5.45. The summed E-state index contributed by atoms with van der Waals surface area (Å²) in [5.41, 5.74) is 1.12. The van der Waals surface area contributed by atoms with E-state index >= 15 is 0 Å². The summed E-state index contributed by atoms with van der Waals surface area (Å²) in [4.78, 5) is 6.24. The van der Waals surface area contributed by atoms with Gasteiger partial charge in [0.25, 0.3) is 0 Å². The summed E-state index contributed by atoms with van der Waals surface area (Å²) in [5, 5.41) is -0.256. The Kier molecular flexibility index (Phi) is 4.42. The molecule has 7 heteroatoms. The minimum atomic E-state index is -3.18. The van der Waals surface area contributed by atoms with Gasteiger partial charge in [-0.05, 0) is 25.0 Å². The molecule has 0 bridgehead atoms. The van der Waals surface area contributed by atoms with Gasteiger partial charge in [-0.2, -0.15) is 4.31 Å². The maximum atomic E-state index is 12.6. The molecular formula is C14H21N3O3S. The third kappa shape index (κ3) is 3.20. The van der Waals surface area contributed by atoms with Gasteiger partial charge in [-0.3, -0.25) is 4.98 Å². The van der Waals surface area contributed by atoms with Crippen molar-refractivity contribution in [3.63, 3.8) is 0 Å². The van der Waals surface area contributed by atoms with E-state index < -0.39 is 10.0 Å². The van der Waals surface area contributed by atoms with Gasteiger partial charge in [-0.15, -0.1) is 0 Å². The maximum Gasteiger partial charge on any atom is 0.217 e. The Balaban J connectivity index is 1.62. The van der Waals surface area contributed by atoms with Crippen LogP contribution in [0.1, 0.15) is 12.8 Å². The first kappa shape index (κ1) is 14.7. The fourth-order valence-corrected chi connectivity index (χ4v) is 4.86. The minimum absolute atomic E-state index is 0.256. The molecule has 6 nitrogen and oxygen atoms in total. The molecule has 1 aromatic heterocycles. The first-order valence-corrected chi connectivity index (χ1v) is 8.90. The largest absolute Gasteiger partial charge is 0.379 e. The summed E-state index contributed by atoms with van der Waals surface area (Å²) >= 11 is 0. The summed E-state index contributed by atoms with van der Waals surface area (Å²) in [6.07, 6.45) is 4.90. The van der Waals surface area contributed by atoms with Gasteiger partial charge in [0.05, 0.1) is 18.5 Å². The number of hydrogen-bond acceptors (Lipinski definition) is 5. The number of anilines is 1. The summed E-state index contributed by atoms with van der Waals surface area (Å²) in [7, 11) is -3.18. The van der Waals surface area contributed by atoms with Crippen LogP contribution in [0.4, 0.5) is 5.69 Å². The van der Waals surface area contributed by atoms with Crippen LogP contribution in [0.25, 0.3) is 0 Å². The monoisotopic (exact) mass is 311 g/mol. The Morgan fingerprint density at radius 3 is 2.29 bits per heavy atom. The van der Waals surface area contributed by atoms with Crippen molar-refractivity contribution >= 4 is 15.7 Å². The normalized spacial score (nSPS) is 22.4. The lowest BCUT2D eigenvalue weighted by Gasteiger charge is -2.36. The average Bonchev–Trinajstić information content (AvgIpc) is 2.57. The van der Waals surface area contributed by atoms with Crippen LogP contribution in [0.15, 0.2) is 24.5 Å². The van der Waals surface area contributed by atoms with Gasteiger partial charge >= 0.3 is 0 Å². The van der Waals surface area contributed by atoms with E-state index in [2.05, 4.69) is 9.88 Å². The van der Waals surface area contributed by atoms with Gasteiger partial charge in [-0.1, -0.05) is 0 Å². The van der Waals surface area contributed by atoms with E-state index in [-0.39, 0.29) is 5.25 Å². The molecule has 0 radical (unpaired) electrons. The van der Waals surface area contributed by atoms with Crippen molar-refractivity contribution in [1.29, 1.82) is 0 Å². The lowest BCUT2D eigenvalue weighted by molar-refractivity contribution is 0.0724. The molecule has 2 aliphatic heterocycles. The zero-order valence-electron chi connectivity index (χ0n) is 12.0. The molecule has 0 spiro atoms. The highest BCUT2D eigenvalue weighted by Crippen LogP contribution is 2.25. The minimum Gasteiger partial charge on any atom is -0.379 e. The molecule has 21 heavy (non-hydrogen) atoms. The van der Waals surface area contributed by atoms with Gasteiger partial charge < -0.3 is 9.64 Å². The topological polar surface area (TPSA) is 62.7 Å². The molecule has 0 aromatic carbocycles. The summed E-state index contributed by atoms with van der Waals surface area (Å²) < 4.78 is 32.1. The third-order valence-corrected chi connectivity index (χ3v) is 6.62. The van der Waals surface area contributed by atoms with Crippen LogP contribution < -0.4 is 4.90 Å². The van der Waals surface area contributed by atoms with Gasteiger partial charge in [-0.25, -0.2) is 8.42 Å². The number of aromatic nitrogens is 1. The van der Waals surface area contributed by atoms with E-state index in [1.165, 1.54) is 0 Å². The van der Waals surface area contributed by atoms with Crippen molar-refractivity contribution in [2.45, 2.75) is 18.1 Å². The Bertz CT molecular complexity index is 550. The molecular weight excluding hydrogens is 290 g/mol. The van der Waals surface area contributed by atoms with Gasteiger partial charge in [0.15, 0.2) is 0 Å². The smallest absolute Gasteiger partial charge is 0.217 e. The van der Waals surface area contributed by atoms with E-state index in [4.69, 9.17) is 4.74 Å². The lowest BCUT2D eigenvalue weighted by atomic mass is 10.1. The van der Waals surface area contributed by atoms with Crippen LogP contribution in [-0.4, -0.2) is 62.3 Å². The number of sulfonamides is 1. The summed E-state index contributed by atoms with van der Waals surface area (Å²) in [6.45, 7) is 3.56. The molecule has 0 unspecified atom stereocenters. The molecule has 3 rings (SSSR count). The predicted molar refractivity (Wildman–Crippen MR) is 80.8 cm³/mol. The highest BCUT2D eigenvalue weighted by molar-refractivity contribution is 7.89. The molecule has 0 N–H and O–H groups in total. The maximum absolute atomic E-state index is 12.6. The first-order chi connectivity index (χ1) is 10.2. The number of rotatable bonds is 3. The Hall–Kier alpha value is -1.18. The number of hydrogen-bond donors (Lipinski definition) is 0. The Morgan fingerprint density at radius 1 is 1.05 bits per heavy atom. The van der Waals surface area contributed by atoms with Gasteiger partial charge in [0.1, 0.15) is 0 Å². The zero-order valence-corrected chi connectivity index (χ0v) is 12.8. The highest BCUT2D eigenvalue weighted by atomic mass is 32.2. The second-order valence-corrected chi connectivity index (χ2v) is 7.66. The van der Waals surface area contributed by atoms with Crippen LogP contribution in [0.2, 0.25) is 0 Å². The number of ether oxygens (including phenoxy) is 1. The van der Waals surface area contributed by atoms with Gasteiger partial charge in [0, 0.05) is 44.3 Å². The van der Waals surface area contributed by atoms with Crippen LogP contribution in [0.5, 0.6) is 0 Å². The summed E-state index contributed by atoms with van der Waals surface area (Å²) in [6, 6.07) is 3.94. The Labute approximate surface area is 125 Å². The van der Waals surface area contributed by atoms with Crippen molar-refractivity contribution in [3.05, 3.63) is 24.5 Å². The van der Waals surface area contributed by atoms with Crippen LogP contribution >= 0.6 is 0 Å². The lowest BCUT2D eigenvalue weighted by Crippen LogP contribution is -2.48. The van der Waals surface area contributed by atoms with Crippen molar-refractivity contribution in [2.75, 3.05) is 44.3 Å². The molecule has 116 valence electrons. The number of piperidine rings is 1. The summed E-state index contributed by atoms with van der Waals surface area (Å²) in [5.74, 6) is 0. The highest BCUT2D eigenvalue weighted by Gasteiger charge is 2.35. The molecule has 0 saturated carbocycles. The van der Waals surface area contributed by atoms with Crippen molar-refractivity contribution in [1.82, 2.24) is 9.29 Å². The number of morpholine rings is 1. The standard InChI is InChI=1S/C14H21N3O3S/c18-21(19,17-9-11-20-12-10-17)14-3-7-16(8-4-14)13-1-5-15-6-2-13/h1-2,5-6,14H,3-4,7-12H2. The molecule has 0 aliphatic carbocycles. The van der Waals surface area contributed by atoms with E-state index in [1.807, 2.05) is 12.1 Å². The average molecular weight is 311 g/mol. The molecule has 1 aromatic rings. The fraction of sp³-hybridized carbons (Fsp3) is 0.643. The van der Waals surface area contributed by atoms with Crippen LogP contribution in [0, 0.1) is 0 Å². The molecule has 0 amide bonds. The molecule has 2 saturated heterocycles. The van der Waals surface area contributed by atoms with E-state index in [0.29, 0.717) is 39.1 Å². The number of nitrogens with zero attached hydrogens (tertiary/aromatic N) is 3. The Morgan fingerprint density at radius 2 is 1.67 bits per heavy atom. The quantitative estimate of drug-likeness (QED) is 0.823. The zero-order chi connectivity index (χ0) is 14.7. The first-order valence-electron chi connectivity index (χ1n) is 7.39. The van der Waals surface area contributed by atoms with Crippen LogP contribution in [0.3, 0.4) is 0 Å². The van der Waals surface area contributed by atoms with Crippen molar-refractivity contribution < 1.29 is 13.2 Å². The van der Waals surface area contributed by atoms with Crippen LogP contribution in [-0.2, 0) is 14.8 Å². The van der Waals surface area contributed by atoms with E-state index in [1.54, 1.807) is 16.7 Å². The van der Waals surface area contributed by atoms with E-state index in [0.717, 1.165) is 18.8 Å². The molecule has 3 heterocycles. The predicted octanol–water partition coefficient (Wildman–Crippen LogP) is 0.712. The third-order valence-electron chi connectivity index (χ3n) is 4.22. The van der Waals surface area contributed by atoms with Gasteiger partial charge in [0.2, 0.25) is 10.0 Å². The van der Waals surface area contributed by atoms with Crippen molar-refractivity contribution in [2.24, 2.45) is 0 Å². The number of pyridine rings is 1. The van der Waals surface area contributed by atoms with Crippen molar-refractivity contribution in [3.8, 4) is 0 Å².